The van der Waals surface area contributed by atoms with Gasteiger partial charge >= 0.3 is 6.03 Å². The zero-order valence-electron chi connectivity index (χ0n) is 14.1. The molecule has 1 aromatic rings. The summed E-state index contributed by atoms with van der Waals surface area (Å²) in [4.78, 5) is 25.2. The third-order valence-electron chi connectivity index (χ3n) is 3.72. The zero-order valence-corrected chi connectivity index (χ0v) is 14.1. The minimum atomic E-state index is -0.678. The molecule has 1 aromatic carbocycles. The second-order valence-corrected chi connectivity index (χ2v) is 5.91. The lowest BCUT2D eigenvalue weighted by Gasteiger charge is -2.32. The Balaban J connectivity index is 1.94. The van der Waals surface area contributed by atoms with Gasteiger partial charge in [-0.25, -0.2) is 9.18 Å². The molecule has 136 valence electrons. The molecule has 25 heavy (non-hydrogen) atoms. The van der Waals surface area contributed by atoms with Gasteiger partial charge in [0.2, 0.25) is 5.91 Å². The number of urea groups is 1. The van der Waals surface area contributed by atoms with Crippen molar-refractivity contribution in [1.82, 2.24) is 10.2 Å². The summed E-state index contributed by atoms with van der Waals surface area (Å²) in [6.45, 7) is -0.318. The van der Waals surface area contributed by atoms with Gasteiger partial charge in [-0.2, -0.15) is 0 Å². The SMILES string of the molecule is CN(C)C(=O)C[C@@H]1C=C[C@@H](NC(=O)Nc2cccc(F)c2)[C@H](CO)O1. The van der Waals surface area contributed by atoms with Crippen molar-refractivity contribution in [1.29, 1.82) is 0 Å². The number of rotatable bonds is 5. The zero-order chi connectivity index (χ0) is 18.4. The molecule has 0 unspecified atom stereocenters. The predicted molar refractivity (Wildman–Crippen MR) is 90.5 cm³/mol. The van der Waals surface area contributed by atoms with Crippen LogP contribution in [-0.4, -0.2) is 60.9 Å². The number of hydrogen-bond donors (Lipinski definition) is 3. The van der Waals surface area contributed by atoms with Crippen molar-refractivity contribution < 1.29 is 23.8 Å². The van der Waals surface area contributed by atoms with Crippen LogP contribution in [-0.2, 0) is 9.53 Å². The number of benzene rings is 1. The Kier molecular flexibility index (Phi) is 6.49. The summed E-state index contributed by atoms with van der Waals surface area (Å²) in [5, 5.41) is 14.6. The van der Waals surface area contributed by atoms with Crippen molar-refractivity contribution in [2.45, 2.75) is 24.7 Å². The minimum absolute atomic E-state index is 0.0957. The number of carbonyl (C=O) groups excluding carboxylic acids is 2. The van der Waals surface area contributed by atoms with Gasteiger partial charge in [0.05, 0.1) is 25.2 Å². The highest BCUT2D eigenvalue weighted by Crippen LogP contribution is 2.17. The molecule has 8 heteroatoms. The van der Waals surface area contributed by atoms with Gasteiger partial charge in [0, 0.05) is 19.8 Å². The topological polar surface area (TPSA) is 90.9 Å². The van der Waals surface area contributed by atoms with Gasteiger partial charge in [-0.1, -0.05) is 18.2 Å². The molecule has 3 amide bonds. The van der Waals surface area contributed by atoms with E-state index in [0.29, 0.717) is 5.69 Å². The van der Waals surface area contributed by atoms with Crippen LogP contribution < -0.4 is 10.6 Å². The van der Waals surface area contributed by atoms with Gasteiger partial charge in [-0.3, -0.25) is 4.79 Å². The molecule has 0 saturated heterocycles. The standard InChI is InChI=1S/C17H22FN3O4/c1-21(2)16(23)9-13-6-7-14(15(10-22)25-13)20-17(24)19-12-5-3-4-11(18)8-12/h3-8,13-15,22H,9-10H2,1-2H3,(H2,19,20,24)/t13-,14+,15-/m0/s1. The van der Waals surface area contributed by atoms with E-state index >= 15 is 0 Å². The van der Waals surface area contributed by atoms with Crippen LogP contribution in [0.5, 0.6) is 0 Å². The molecule has 3 N–H and O–H groups in total. The molecule has 1 aliphatic rings. The van der Waals surface area contributed by atoms with Gasteiger partial charge in [0.1, 0.15) is 11.9 Å². The van der Waals surface area contributed by atoms with Gasteiger partial charge in [0.25, 0.3) is 0 Å². The normalized spacial score (nSPS) is 22.3. The highest BCUT2D eigenvalue weighted by molar-refractivity contribution is 5.89. The number of nitrogens with one attached hydrogen (secondary N) is 2. The Bertz CT molecular complexity index is 651. The highest BCUT2D eigenvalue weighted by Gasteiger charge is 2.29. The Hall–Kier alpha value is -2.45. The third kappa shape index (κ3) is 5.54. The van der Waals surface area contributed by atoms with E-state index in [2.05, 4.69) is 10.6 Å². The van der Waals surface area contributed by atoms with E-state index < -0.39 is 30.1 Å². The average molecular weight is 351 g/mol. The fraction of sp³-hybridized carbons (Fsp3) is 0.412. The Morgan fingerprint density at radius 1 is 1.32 bits per heavy atom. The van der Waals surface area contributed by atoms with Gasteiger partial charge in [-0.05, 0) is 18.2 Å². The van der Waals surface area contributed by atoms with Crippen molar-refractivity contribution >= 4 is 17.6 Å². The second kappa shape index (κ2) is 8.59. The number of aliphatic hydroxyl groups excluding tert-OH is 1. The lowest BCUT2D eigenvalue weighted by atomic mass is 10.0. The Morgan fingerprint density at radius 2 is 2.08 bits per heavy atom. The van der Waals surface area contributed by atoms with Crippen LogP contribution in [0, 0.1) is 5.82 Å². The number of hydrogen-bond acceptors (Lipinski definition) is 4. The van der Waals surface area contributed by atoms with Crippen LogP contribution in [0.25, 0.3) is 0 Å². The second-order valence-electron chi connectivity index (χ2n) is 5.91. The molecule has 0 fully saturated rings. The van der Waals surface area contributed by atoms with Crippen LogP contribution >= 0.6 is 0 Å². The summed E-state index contributed by atoms with van der Waals surface area (Å²) in [5.41, 5.74) is 0.313. The van der Waals surface area contributed by atoms with Crippen LogP contribution in [0.15, 0.2) is 36.4 Å². The maximum absolute atomic E-state index is 13.1. The first-order chi connectivity index (χ1) is 11.9. The molecule has 0 saturated carbocycles. The molecule has 0 aromatic heterocycles. The van der Waals surface area contributed by atoms with E-state index in [1.54, 1.807) is 32.3 Å². The fourth-order valence-electron chi connectivity index (χ4n) is 2.38. The number of halogens is 1. The van der Waals surface area contributed by atoms with Crippen molar-refractivity contribution in [3.8, 4) is 0 Å². The van der Waals surface area contributed by atoms with Crippen molar-refractivity contribution in [3.05, 3.63) is 42.2 Å². The smallest absolute Gasteiger partial charge is 0.319 e. The van der Waals surface area contributed by atoms with E-state index in [0.717, 1.165) is 0 Å². The lowest BCUT2D eigenvalue weighted by molar-refractivity contribution is -0.132. The first-order valence-corrected chi connectivity index (χ1v) is 7.87. The molecule has 0 spiro atoms. The Morgan fingerprint density at radius 3 is 2.72 bits per heavy atom. The quantitative estimate of drug-likeness (QED) is 0.693. The van der Waals surface area contributed by atoms with Crippen LogP contribution in [0.1, 0.15) is 6.42 Å². The number of aliphatic hydroxyl groups is 1. The third-order valence-corrected chi connectivity index (χ3v) is 3.72. The maximum Gasteiger partial charge on any atom is 0.319 e. The van der Waals surface area contributed by atoms with E-state index in [-0.39, 0.29) is 18.9 Å². The Labute approximate surface area is 145 Å². The number of carbonyl (C=O) groups is 2. The summed E-state index contributed by atoms with van der Waals surface area (Å²) in [6.07, 6.45) is 2.38. The number of amides is 3. The van der Waals surface area contributed by atoms with Gasteiger partial charge < -0.3 is 25.4 Å². The van der Waals surface area contributed by atoms with E-state index in [4.69, 9.17) is 4.74 Å². The van der Waals surface area contributed by atoms with Crippen molar-refractivity contribution in [2.24, 2.45) is 0 Å². The molecule has 3 atom stereocenters. The molecule has 7 nitrogen and oxygen atoms in total. The first-order valence-electron chi connectivity index (χ1n) is 7.87. The van der Waals surface area contributed by atoms with Crippen LogP contribution in [0.2, 0.25) is 0 Å². The molecule has 0 bridgehead atoms. The van der Waals surface area contributed by atoms with Crippen LogP contribution in [0.3, 0.4) is 0 Å². The van der Waals surface area contributed by atoms with E-state index in [9.17, 15) is 19.1 Å². The molecule has 1 aliphatic heterocycles. The van der Waals surface area contributed by atoms with Crippen molar-refractivity contribution in [2.75, 3.05) is 26.0 Å². The highest BCUT2D eigenvalue weighted by atomic mass is 19.1. The lowest BCUT2D eigenvalue weighted by Crippen LogP contribution is -2.50. The summed E-state index contributed by atoms with van der Waals surface area (Å²) >= 11 is 0. The predicted octanol–water partition coefficient (Wildman–Crippen LogP) is 1.11. The molecular weight excluding hydrogens is 329 g/mol. The summed E-state index contributed by atoms with van der Waals surface area (Å²) < 4.78 is 18.8. The van der Waals surface area contributed by atoms with E-state index in [1.807, 2.05) is 0 Å². The number of nitrogens with zero attached hydrogens (tertiary/aromatic N) is 1. The fourth-order valence-corrected chi connectivity index (χ4v) is 2.38. The van der Waals surface area contributed by atoms with Gasteiger partial charge in [0.15, 0.2) is 0 Å². The molecule has 1 heterocycles. The molecular formula is C17H22FN3O4. The average Bonchev–Trinajstić information content (AvgIpc) is 2.56. The summed E-state index contributed by atoms with van der Waals surface area (Å²) in [7, 11) is 3.30. The largest absolute Gasteiger partial charge is 0.394 e. The number of ether oxygens (including phenoxy) is 1. The van der Waals surface area contributed by atoms with E-state index in [1.165, 1.54) is 23.1 Å². The number of anilines is 1. The van der Waals surface area contributed by atoms with Crippen LogP contribution in [0.4, 0.5) is 14.9 Å². The molecule has 0 aliphatic carbocycles. The first kappa shape index (κ1) is 18.9. The maximum atomic E-state index is 13.1. The molecule has 0 radical (unpaired) electrons. The monoisotopic (exact) mass is 351 g/mol. The summed E-state index contributed by atoms with van der Waals surface area (Å²) in [5.74, 6) is -0.554. The minimum Gasteiger partial charge on any atom is -0.394 e. The molecule has 2 rings (SSSR count). The van der Waals surface area contributed by atoms with Gasteiger partial charge in [-0.15, -0.1) is 0 Å². The summed E-state index contributed by atoms with van der Waals surface area (Å²) in [6, 6.07) is 4.39. The van der Waals surface area contributed by atoms with Crippen molar-refractivity contribution in [3.63, 3.8) is 0 Å².